The molecule has 0 aliphatic carbocycles. The molecule has 0 saturated carbocycles. The van der Waals surface area contributed by atoms with Gasteiger partial charge in [-0.15, -0.1) is 0 Å². The summed E-state index contributed by atoms with van der Waals surface area (Å²) in [5, 5.41) is 3.54. The van der Waals surface area contributed by atoms with Crippen LogP contribution in [0.5, 0.6) is 5.75 Å². The van der Waals surface area contributed by atoms with Crippen molar-refractivity contribution in [2.45, 2.75) is 0 Å². The monoisotopic (exact) mass is 293 g/mol. The van der Waals surface area contributed by atoms with Gasteiger partial charge in [-0.05, 0) is 12.1 Å². The van der Waals surface area contributed by atoms with Crippen molar-refractivity contribution < 1.29 is 14.3 Å². The van der Waals surface area contributed by atoms with Gasteiger partial charge in [0.15, 0.2) is 5.69 Å². The number of rotatable bonds is 4. The Kier molecular flexibility index (Phi) is 4.37. The van der Waals surface area contributed by atoms with Crippen molar-refractivity contribution in [3.8, 4) is 5.75 Å². The molecule has 1 N–H and O–H groups in total. The average molecular weight is 294 g/mol. The molecule has 0 unspecified atom stereocenters. The highest BCUT2D eigenvalue weighted by molar-refractivity contribution is 6.32. The maximum Gasteiger partial charge on any atom is 0.358 e. The van der Waals surface area contributed by atoms with Gasteiger partial charge >= 0.3 is 5.97 Å². The number of esters is 1. The number of nitrogens with one attached hydrogen (secondary N) is 1. The number of nitrogens with zero attached hydrogens (tertiary/aromatic N) is 2. The van der Waals surface area contributed by atoms with E-state index in [2.05, 4.69) is 20.0 Å². The number of hydrogen-bond donors (Lipinski definition) is 1. The molecule has 1 aromatic heterocycles. The summed E-state index contributed by atoms with van der Waals surface area (Å²) in [6.07, 6.45) is 2.77. The van der Waals surface area contributed by atoms with Gasteiger partial charge in [0.1, 0.15) is 11.6 Å². The van der Waals surface area contributed by atoms with Crippen LogP contribution in [-0.2, 0) is 4.74 Å². The van der Waals surface area contributed by atoms with Gasteiger partial charge < -0.3 is 14.8 Å². The summed E-state index contributed by atoms with van der Waals surface area (Å²) in [6.45, 7) is 0. The molecular formula is C13H12ClN3O3. The van der Waals surface area contributed by atoms with E-state index in [4.69, 9.17) is 16.3 Å². The summed E-state index contributed by atoms with van der Waals surface area (Å²) in [6, 6.07) is 5.22. The molecule has 0 amide bonds. The molecule has 20 heavy (non-hydrogen) atoms. The summed E-state index contributed by atoms with van der Waals surface area (Å²) in [5.74, 6) is 0.509. The topological polar surface area (TPSA) is 73.3 Å². The second kappa shape index (κ2) is 6.21. The first kappa shape index (κ1) is 14.1. The first-order valence-corrected chi connectivity index (χ1v) is 6.02. The Hall–Kier alpha value is -2.34. The fraction of sp³-hybridized carbons (Fsp3) is 0.154. The number of halogens is 1. The molecule has 0 bridgehead atoms. The third-order valence-electron chi connectivity index (χ3n) is 2.47. The van der Waals surface area contributed by atoms with Crippen LogP contribution in [0.25, 0.3) is 0 Å². The van der Waals surface area contributed by atoms with E-state index in [1.165, 1.54) is 26.6 Å². The Bertz CT molecular complexity index is 617. The van der Waals surface area contributed by atoms with Gasteiger partial charge in [-0.3, -0.25) is 0 Å². The lowest BCUT2D eigenvalue weighted by molar-refractivity contribution is 0.0593. The largest absolute Gasteiger partial charge is 0.495 e. The van der Waals surface area contributed by atoms with Crippen LogP contribution in [-0.4, -0.2) is 30.2 Å². The Morgan fingerprint density at radius 2 is 2.05 bits per heavy atom. The van der Waals surface area contributed by atoms with Crippen LogP contribution in [0.1, 0.15) is 10.5 Å². The first-order valence-electron chi connectivity index (χ1n) is 5.65. The van der Waals surface area contributed by atoms with Gasteiger partial charge in [-0.1, -0.05) is 11.6 Å². The molecule has 2 rings (SSSR count). The lowest BCUT2D eigenvalue weighted by Crippen LogP contribution is -2.05. The third-order valence-corrected chi connectivity index (χ3v) is 2.78. The Balaban J connectivity index is 2.16. The molecule has 1 heterocycles. The summed E-state index contributed by atoms with van der Waals surface area (Å²) >= 11 is 5.94. The van der Waals surface area contributed by atoms with Gasteiger partial charge in [0.05, 0.1) is 31.6 Å². The minimum absolute atomic E-state index is 0.145. The Labute approximate surface area is 120 Å². The quantitative estimate of drug-likeness (QED) is 0.874. The molecular weight excluding hydrogens is 282 g/mol. The maximum absolute atomic E-state index is 11.2. The zero-order valence-corrected chi connectivity index (χ0v) is 11.6. The van der Waals surface area contributed by atoms with Gasteiger partial charge in [0, 0.05) is 11.8 Å². The first-order chi connectivity index (χ1) is 9.63. The Morgan fingerprint density at radius 3 is 2.65 bits per heavy atom. The lowest BCUT2D eigenvalue weighted by atomic mass is 10.3. The van der Waals surface area contributed by atoms with Crippen LogP contribution in [0.15, 0.2) is 30.6 Å². The molecule has 6 nitrogen and oxygen atoms in total. The molecule has 2 aromatic rings. The molecule has 0 spiro atoms. The van der Waals surface area contributed by atoms with Crippen LogP contribution in [0, 0.1) is 0 Å². The van der Waals surface area contributed by atoms with Crippen molar-refractivity contribution in [2.24, 2.45) is 0 Å². The van der Waals surface area contributed by atoms with Gasteiger partial charge in [0.2, 0.25) is 0 Å². The highest BCUT2D eigenvalue weighted by Crippen LogP contribution is 2.28. The maximum atomic E-state index is 11.2. The van der Waals surface area contributed by atoms with Crippen LogP contribution < -0.4 is 10.1 Å². The van der Waals surface area contributed by atoms with Crippen LogP contribution in [0.4, 0.5) is 11.5 Å². The van der Waals surface area contributed by atoms with Crippen LogP contribution in [0.2, 0.25) is 5.02 Å². The fourth-order valence-corrected chi connectivity index (χ4v) is 1.68. The molecule has 0 saturated heterocycles. The highest BCUT2D eigenvalue weighted by atomic mass is 35.5. The molecule has 1 aromatic carbocycles. The van der Waals surface area contributed by atoms with Crippen molar-refractivity contribution in [3.05, 3.63) is 41.3 Å². The summed E-state index contributed by atoms with van der Waals surface area (Å²) in [7, 11) is 2.83. The standard InChI is InChI=1S/C13H12ClN3O3/c1-19-11-5-8(3-4-9(11)14)17-12-7-15-10(6-16-12)13(18)20-2/h3-7H,1-2H3,(H,16,17). The number of carbonyl (C=O) groups is 1. The van der Waals surface area contributed by atoms with Gasteiger partial charge in [-0.2, -0.15) is 0 Å². The lowest BCUT2D eigenvalue weighted by Gasteiger charge is -2.08. The molecule has 0 aliphatic heterocycles. The second-order valence-corrected chi connectivity index (χ2v) is 4.16. The minimum atomic E-state index is -0.530. The van der Waals surface area contributed by atoms with E-state index in [1.54, 1.807) is 18.2 Å². The molecule has 0 aliphatic rings. The van der Waals surface area contributed by atoms with Gasteiger partial charge in [-0.25, -0.2) is 14.8 Å². The number of ether oxygens (including phenoxy) is 2. The number of benzene rings is 1. The molecule has 0 atom stereocenters. The Morgan fingerprint density at radius 1 is 1.25 bits per heavy atom. The van der Waals surface area contributed by atoms with E-state index in [0.717, 1.165) is 5.69 Å². The fourth-order valence-electron chi connectivity index (χ4n) is 1.49. The zero-order valence-electron chi connectivity index (χ0n) is 10.9. The smallest absolute Gasteiger partial charge is 0.358 e. The van der Waals surface area contributed by atoms with Crippen molar-refractivity contribution in [1.82, 2.24) is 9.97 Å². The third kappa shape index (κ3) is 3.16. The number of carbonyl (C=O) groups excluding carboxylic acids is 1. The molecule has 0 radical (unpaired) electrons. The van der Waals surface area contributed by atoms with Crippen LogP contribution in [0.3, 0.4) is 0 Å². The van der Waals surface area contributed by atoms with E-state index in [1.807, 2.05) is 0 Å². The van der Waals surface area contributed by atoms with E-state index < -0.39 is 5.97 Å². The second-order valence-electron chi connectivity index (χ2n) is 3.75. The molecule has 0 fully saturated rings. The van der Waals surface area contributed by atoms with Crippen molar-refractivity contribution in [3.63, 3.8) is 0 Å². The summed E-state index contributed by atoms with van der Waals surface area (Å²) < 4.78 is 9.66. The predicted octanol–water partition coefficient (Wildman–Crippen LogP) is 2.67. The number of anilines is 2. The minimum Gasteiger partial charge on any atom is -0.495 e. The van der Waals surface area contributed by atoms with E-state index >= 15 is 0 Å². The average Bonchev–Trinajstić information content (AvgIpc) is 2.49. The van der Waals surface area contributed by atoms with E-state index in [0.29, 0.717) is 16.6 Å². The SMILES string of the molecule is COC(=O)c1cnc(Nc2ccc(Cl)c(OC)c2)cn1. The normalized spacial score (nSPS) is 9.95. The molecule has 7 heteroatoms. The van der Waals surface area contributed by atoms with Gasteiger partial charge in [0.25, 0.3) is 0 Å². The highest BCUT2D eigenvalue weighted by Gasteiger charge is 2.08. The molecule has 104 valence electrons. The summed E-state index contributed by atoms with van der Waals surface area (Å²) in [5.41, 5.74) is 0.887. The number of aromatic nitrogens is 2. The number of methoxy groups -OCH3 is 2. The predicted molar refractivity (Wildman–Crippen MR) is 74.7 cm³/mol. The van der Waals surface area contributed by atoms with E-state index in [9.17, 15) is 4.79 Å². The zero-order chi connectivity index (χ0) is 14.5. The van der Waals surface area contributed by atoms with Crippen molar-refractivity contribution in [1.29, 1.82) is 0 Å². The number of hydrogen-bond acceptors (Lipinski definition) is 6. The van der Waals surface area contributed by atoms with E-state index in [-0.39, 0.29) is 5.69 Å². The van der Waals surface area contributed by atoms with Crippen LogP contribution >= 0.6 is 11.6 Å². The summed E-state index contributed by atoms with van der Waals surface area (Å²) in [4.78, 5) is 19.2. The van der Waals surface area contributed by atoms with Crippen molar-refractivity contribution in [2.75, 3.05) is 19.5 Å². The van der Waals surface area contributed by atoms with Crippen molar-refractivity contribution >= 4 is 29.1 Å².